The van der Waals surface area contributed by atoms with Gasteiger partial charge in [-0.3, -0.25) is 4.98 Å². The molecule has 3 rings (SSSR count). The molecule has 0 radical (unpaired) electrons. The van der Waals surface area contributed by atoms with Gasteiger partial charge in [0, 0.05) is 17.9 Å². The van der Waals surface area contributed by atoms with E-state index in [0.717, 1.165) is 16.5 Å². The number of hydrogen-bond acceptors (Lipinski definition) is 2. The molecule has 0 aliphatic rings. The Kier molecular flexibility index (Phi) is 2.38. The van der Waals surface area contributed by atoms with Crippen LogP contribution < -0.4 is 0 Å². The smallest absolute Gasteiger partial charge is 0.121 e. The van der Waals surface area contributed by atoms with Crippen molar-refractivity contribution in [2.24, 2.45) is 0 Å². The Morgan fingerprint density at radius 2 is 2.06 bits per heavy atom. The van der Waals surface area contributed by atoms with Crippen LogP contribution in [-0.4, -0.2) is 15.1 Å². The number of nitrogens with zero attached hydrogens (tertiary/aromatic N) is 1. The average molecular weight is 224 g/mol. The van der Waals surface area contributed by atoms with Gasteiger partial charge in [-0.25, -0.2) is 0 Å². The van der Waals surface area contributed by atoms with Crippen LogP contribution in [0.15, 0.2) is 54.9 Å². The maximum Gasteiger partial charge on any atom is 0.121 e. The van der Waals surface area contributed by atoms with E-state index in [1.165, 1.54) is 0 Å². The summed E-state index contributed by atoms with van der Waals surface area (Å²) in [7, 11) is 0. The summed E-state index contributed by atoms with van der Waals surface area (Å²) in [5.74, 6) is 0. The van der Waals surface area contributed by atoms with E-state index in [2.05, 4.69) is 9.97 Å². The third-order valence-electron chi connectivity index (χ3n) is 2.86. The quantitative estimate of drug-likeness (QED) is 0.703. The molecule has 0 spiro atoms. The minimum Gasteiger partial charge on any atom is -0.382 e. The first kappa shape index (κ1) is 10.1. The largest absolute Gasteiger partial charge is 0.382 e. The third kappa shape index (κ3) is 1.81. The van der Waals surface area contributed by atoms with Crippen molar-refractivity contribution in [1.29, 1.82) is 0 Å². The summed E-state index contributed by atoms with van der Waals surface area (Å²) in [6.45, 7) is 0. The van der Waals surface area contributed by atoms with Gasteiger partial charge in [0.15, 0.2) is 0 Å². The molecule has 0 amide bonds. The van der Waals surface area contributed by atoms with Gasteiger partial charge in [0.1, 0.15) is 6.10 Å². The van der Waals surface area contributed by atoms with Crippen LogP contribution in [0.3, 0.4) is 0 Å². The van der Waals surface area contributed by atoms with E-state index in [1.807, 2.05) is 48.7 Å². The minimum atomic E-state index is -0.671. The summed E-state index contributed by atoms with van der Waals surface area (Å²) < 4.78 is 0. The molecule has 17 heavy (non-hydrogen) atoms. The molecular weight excluding hydrogens is 212 g/mol. The average Bonchev–Trinajstić information content (AvgIpc) is 2.86. The molecule has 0 saturated heterocycles. The van der Waals surface area contributed by atoms with E-state index in [1.54, 1.807) is 6.20 Å². The summed E-state index contributed by atoms with van der Waals surface area (Å²) in [5, 5.41) is 11.3. The lowest BCUT2D eigenvalue weighted by molar-refractivity contribution is 0.215. The van der Waals surface area contributed by atoms with Gasteiger partial charge in [-0.15, -0.1) is 0 Å². The van der Waals surface area contributed by atoms with Crippen LogP contribution in [0.2, 0.25) is 0 Å². The van der Waals surface area contributed by atoms with Crippen molar-refractivity contribution in [2.75, 3.05) is 0 Å². The lowest BCUT2D eigenvalue weighted by Gasteiger charge is -2.10. The Morgan fingerprint density at radius 1 is 1.12 bits per heavy atom. The fraction of sp³-hybridized carbons (Fsp3) is 0.0714. The first-order valence-electron chi connectivity index (χ1n) is 5.50. The number of pyridine rings is 1. The van der Waals surface area contributed by atoms with E-state index < -0.39 is 6.10 Å². The predicted octanol–water partition coefficient (Wildman–Crippen LogP) is 2.64. The summed E-state index contributed by atoms with van der Waals surface area (Å²) in [4.78, 5) is 7.29. The fourth-order valence-corrected chi connectivity index (χ4v) is 1.95. The maximum atomic E-state index is 10.2. The number of H-pyrrole nitrogens is 1. The fourth-order valence-electron chi connectivity index (χ4n) is 1.95. The van der Waals surface area contributed by atoms with Gasteiger partial charge in [0.2, 0.25) is 0 Å². The van der Waals surface area contributed by atoms with E-state index in [4.69, 9.17) is 0 Å². The highest BCUT2D eigenvalue weighted by atomic mass is 16.3. The molecule has 3 nitrogen and oxygen atoms in total. The van der Waals surface area contributed by atoms with Crippen molar-refractivity contribution in [3.8, 4) is 0 Å². The van der Waals surface area contributed by atoms with E-state index in [9.17, 15) is 5.11 Å². The van der Waals surface area contributed by atoms with Crippen LogP contribution in [0.25, 0.3) is 10.9 Å². The highest BCUT2D eigenvalue weighted by molar-refractivity contribution is 5.80. The SMILES string of the molecule is OC(c1ccc2[nH]ccc2c1)c1ccccn1. The van der Waals surface area contributed by atoms with Crippen LogP contribution in [0.1, 0.15) is 17.4 Å². The lowest BCUT2D eigenvalue weighted by Crippen LogP contribution is -2.01. The van der Waals surface area contributed by atoms with E-state index in [-0.39, 0.29) is 0 Å². The zero-order chi connectivity index (χ0) is 11.7. The molecule has 1 unspecified atom stereocenters. The summed E-state index contributed by atoms with van der Waals surface area (Å²) in [6.07, 6.45) is 2.91. The van der Waals surface area contributed by atoms with Crippen molar-refractivity contribution >= 4 is 10.9 Å². The molecule has 0 bridgehead atoms. The standard InChI is InChI=1S/C14H12N2O/c17-14(13-3-1-2-7-15-13)11-4-5-12-10(9-11)6-8-16-12/h1-9,14,16-17H. The monoisotopic (exact) mass is 224 g/mol. The Hall–Kier alpha value is -2.13. The van der Waals surface area contributed by atoms with Crippen LogP contribution in [-0.2, 0) is 0 Å². The molecule has 2 aromatic heterocycles. The molecule has 1 aromatic carbocycles. The zero-order valence-electron chi connectivity index (χ0n) is 9.17. The lowest BCUT2D eigenvalue weighted by atomic mass is 10.0. The number of hydrogen-bond donors (Lipinski definition) is 2. The second kappa shape index (κ2) is 4.03. The molecule has 0 saturated carbocycles. The van der Waals surface area contributed by atoms with Gasteiger partial charge >= 0.3 is 0 Å². The maximum absolute atomic E-state index is 10.2. The first-order valence-corrected chi connectivity index (χ1v) is 5.50. The van der Waals surface area contributed by atoms with Crippen molar-refractivity contribution in [3.63, 3.8) is 0 Å². The van der Waals surface area contributed by atoms with Crippen LogP contribution >= 0.6 is 0 Å². The molecular formula is C14H12N2O. The Morgan fingerprint density at radius 3 is 2.88 bits per heavy atom. The van der Waals surface area contributed by atoms with Gasteiger partial charge < -0.3 is 10.1 Å². The third-order valence-corrected chi connectivity index (χ3v) is 2.86. The minimum absolute atomic E-state index is 0.669. The molecule has 3 aromatic rings. The molecule has 1 atom stereocenters. The van der Waals surface area contributed by atoms with Crippen molar-refractivity contribution in [2.45, 2.75) is 6.10 Å². The number of aliphatic hydroxyl groups excluding tert-OH is 1. The van der Waals surface area contributed by atoms with E-state index >= 15 is 0 Å². The van der Waals surface area contributed by atoms with Gasteiger partial charge in [0.05, 0.1) is 5.69 Å². The molecule has 2 N–H and O–H groups in total. The van der Waals surface area contributed by atoms with E-state index in [0.29, 0.717) is 5.69 Å². The summed E-state index contributed by atoms with van der Waals surface area (Å²) in [5.41, 5.74) is 2.60. The van der Waals surface area contributed by atoms with Crippen molar-refractivity contribution < 1.29 is 5.11 Å². The summed E-state index contributed by atoms with van der Waals surface area (Å²) in [6, 6.07) is 13.4. The normalized spacial score (nSPS) is 12.8. The van der Waals surface area contributed by atoms with Crippen molar-refractivity contribution in [3.05, 3.63) is 66.1 Å². The Bertz CT molecular complexity index is 631. The van der Waals surface area contributed by atoms with Gasteiger partial charge in [-0.2, -0.15) is 0 Å². The first-order chi connectivity index (χ1) is 8.34. The van der Waals surface area contributed by atoms with Gasteiger partial charge in [-0.05, 0) is 41.3 Å². The number of aromatic nitrogens is 2. The molecule has 0 aliphatic carbocycles. The van der Waals surface area contributed by atoms with Gasteiger partial charge in [-0.1, -0.05) is 12.1 Å². The second-order valence-electron chi connectivity index (χ2n) is 3.98. The van der Waals surface area contributed by atoms with Crippen LogP contribution in [0.5, 0.6) is 0 Å². The van der Waals surface area contributed by atoms with Crippen LogP contribution in [0, 0.1) is 0 Å². The number of aromatic amines is 1. The van der Waals surface area contributed by atoms with Crippen molar-refractivity contribution in [1.82, 2.24) is 9.97 Å². The molecule has 0 fully saturated rings. The topological polar surface area (TPSA) is 48.9 Å². The number of fused-ring (bicyclic) bond motifs is 1. The molecule has 2 heterocycles. The Balaban J connectivity index is 2.03. The van der Waals surface area contributed by atoms with Crippen LogP contribution in [0.4, 0.5) is 0 Å². The predicted molar refractivity (Wildman–Crippen MR) is 66.6 cm³/mol. The molecule has 0 aliphatic heterocycles. The van der Waals surface area contributed by atoms with Gasteiger partial charge in [0.25, 0.3) is 0 Å². The second-order valence-corrected chi connectivity index (χ2v) is 3.98. The number of benzene rings is 1. The molecule has 84 valence electrons. The number of nitrogens with one attached hydrogen (secondary N) is 1. The number of aliphatic hydroxyl groups is 1. The summed E-state index contributed by atoms with van der Waals surface area (Å²) >= 11 is 0. The highest BCUT2D eigenvalue weighted by Crippen LogP contribution is 2.23. The highest BCUT2D eigenvalue weighted by Gasteiger charge is 2.11. The zero-order valence-corrected chi connectivity index (χ0v) is 9.17. The molecule has 3 heteroatoms. The number of rotatable bonds is 2. The Labute approximate surface area is 98.8 Å².